The molecule has 0 saturated heterocycles. The second-order valence-corrected chi connectivity index (χ2v) is 15.0. The molecule has 5 rings (SSSR count). The lowest BCUT2D eigenvalue weighted by molar-refractivity contribution is 0.670. The number of hydrogen-bond donors (Lipinski definition) is 0. The molecule has 1 atom stereocenters. The van der Waals surface area contributed by atoms with Crippen LogP contribution in [0, 0.1) is 25.0 Å². The molecule has 5 aromatic rings. The van der Waals surface area contributed by atoms with Crippen molar-refractivity contribution in [2.45, 2.75) is 46.1 Å². The van der Waals surface area contributed by atoms with E-state index in [0.717, 1.165) is 22.2 Å². The molecule has 35 heavy (non-hydrogen) atoms. The average Bonchev–Trinajstić information content (AvgIpc) is 3.29. The van der Waals surface area contributed by atoms with Crippen LogP contribution in [0.4, 0.5) is 0 Å². The summed E-state index contributed by atoms with van der Waals surface area (Å²) in [6.07, 6.45) is 1.13. The minimum absolute atomic E-state index is 0.140. The summed E-state index contributed by atoms with van der Waals surface area (Å²) in [4.78, 5) is 4.39. The van der Waals surface area contributed by atoms with Crippen LogP contribution in [0.15, 0.2) is 77.3 Å². The van der Waals surface area contributed by atoms with Gasteiger partial charge in [-0.15, -0.1) is 0 Å². The van der Waals surface area contributed by atoms with Crippen molar-refractivity contribution in [3.8, 4) is 17.3 Å². The van der Waals surface area contributed by atoms with Crippen LogP contribution in [0.1, 0.15) is 45.7 Å². The zero-order valence-electron chi connectivity index (χ0n) is 26.2. The van der Waals surface area contributed by atoms with Crippen molar-refractivity contribution in [1.82, 2.24) is 4.98 Å². The van der Waals surface area contributed by atoms with E-state index in [1.807, 2.05) is 42.5 Å². The third-order valence-electron chi connectivity index (χ3n) is 7.30. The van der Waals surface area contributed by atoms with Crippen molar-refractivity contribution >= 4 is 40.4 Å². The largest absolute Gasteiger partial charge is 0.455 e. The highest BCUT2D eigenvalue weighted by Crippen LogP contribution is 2.40. The summed E-state index contributed by atoms with van der Waals surface area (Å²) < 4.78 is 54.1. The van der Waals surface area contributed by atoms with E-state index < -0.39 is 21.8 Å². The summed E-state index contributed by atoms with van der Waals surface area (Å²) in [5.74, 6) is 0. The summed E-state index contributed by atoms with van der Waals surface area (Å²) in [7, 11) is -2.53. The first-order valence-electron chi connectivity index (χ1n) is 14.5. The first kappa shape index (κ1) is 16.9. The van der Waals surface area contributed by atoms with Gasteiger partial charge in [0.05, 0.1) is 17.3 Å². The Labute approximate surface area is 216 Å². The molecule has 2 heterocycles. The number of hydrogen-bond acceptors (Lipinski definition) is 3. The van der Waals surface area contributed by atoms with Gasteiger partial charge >= 0.3 is 0 Å². The lowest BCUT2D eigenvalue weighted by atomic mass is 10.0. The van der Waals surface area contributed by atoms with Gasteiger partial charge in [-0.25, -0.2) is 0 Å². The van der Waals surface area contributed by atoms with Crippen molar-refractivity contribution in [3.05, 3.63) is 89.6 Å². The van der Waals surface area contributed by atoms with E-state index in [2.05, 4.69) is 50.5 Å². The second-order valence-electron chi connectivity index (χ2n) is 10.2. The van der Waals surface area contributed by atoms with Gasteiger partial charge in [0.2, 0.25) is 0 Å². The highest BCUT2D eigenvalue weighted by molar-refractivity contribution is 7.04. The Balaban J connectivity index is 1.86. The first-order chi connectivity index (χ1) is 19.1. The second kappa shape index (κ2) is 8.22. The summed E-state index contributed by atoms with van der Waals surface area (Å²) in [6.45, 7) is 3.69. The number of nitrogens with zero attached hydrogens (tertiary/aromatic N) is 2. The molecule has 174 valence electrons. The van der Waals surface area contributed by atoms with Gasteiger partial charge in [-0.1, -0.05) is 75.0 Å². The fraction of sp³-hybridized carbons (Fsp3) is 0.226. The third-order valence-corrected chi connectivity index (χ3v) is 13.2. The summed E-state index contributed by atoms with van der Waals surface area (Å²) in [6, 6.07) is 23.3. The van der Waals surface area contributed by atoms with Gasteiger partial charge < -0.3 is 4.42 Å². The number of benzene rings is 3. The van der Waals surface area contributed by atoms with Gasteiger partial charge in [0.15, 0.2) is 0 Å². The van der Waals surface area contributed by atoms with E-state index >= 15 is 0 Å². The van der Waals surface area contributed by atoms with Crippen molar-refractivity contribution in [3.63, 3.8) is 0 Å². The number of para-hydroxylation sites is 1. The van der Waals surface area contributed by atoms with Crippen molar-refractivity contribution < 1.29 is 12.6 Å². The summed E-state index contributed by atoms with van der Waals surface area (Å²) in [5.41, 5.74) is 2.01. The molecule has 0 aliphatic heterocycles. The molecule has 0 spiro atoms. The zero-order chi connectivity index (χ0) is 30.0. The summed E-state index contributed by atoms with van der Waals surface area (Å²) >= 11 is 0. The van der Waals surface area contributed by atoms with E-state index in [1.165, 1.54) is 11.3 Å². The molecule has 2 aromatic heterocycles. The van der Waals surface area contributed by atoms with Crippen LogP contribution in [0.2, 0.25) is 11.6 Å². The predicted molar refractivity (Wildman–Crippen MR) is 148 cm³/mol. The molecule has 0 aliphatic carbocycles. The monoisotopic (exact) mass is 480 g/mol. The number of nitriles is 1. The van der Waals surface area contributed by atoms with Crippen LogP contribution in [-0.4, -0.2) is 13.1 Å². The molecule has 0 radical (unpaired) electrons. The maximum Gasteiger partial charge on any atom is 0.144 e. The van der Waals surface area contributed by atoms with Crippen LogP contribution < -0.4 is 10.4 Å². The lowest BCUT2D eigenvalue weighted by Gasteiger charge is -2.41. The van der Waals surface area contributed by atoms with Crippen LogP contribution in [0.3, 0.4) is 0 Å². The van der Waals surface area contributed by atoms with Crippen molar-refractivity contribution in [1.29, 1.82) is 5.26 Å². The number of fused-ring (bicyclic) bond motifs is 3. The standard InChI is InChI=1S/C31H30N2OSi/c1-20-15-27(33-19-21(20)2)25-14-10-13-24-26-16-22(18-32)17-28(30(26)34-29(24)25)35(6,31(3,4)5)23-11-8-7-9-12-23/h7-17,19H,1-6H3/i1D3,2D3. The molecular formula is C31H30N2OSi. The normalized spacial score (nSPS) is 16.9. The van der Waals surface area contributed by atoms with E-state index in [1.54, 1.807) is 6.07 Å². The molecule has 0 fully saturated rings. The topological polar surface area (TPSA) is 49.8 Å². The Hall–Kier alpha value is -3.68. The van der Waals surface area contributed by atoms with E-state index in [0.29, 0.717) is 28.0 Å². The van der Waals surface area contributed by atoms with Crippen molar-refractivity contribution in [2.24, 2.45) is 0 Å². The smallest absolute Gasteiger partial charge is 0.144 e. The molecular weight excluding hydrogens is 444 g/mol. The molecule has 0 amide bonds. The van der Waals surface area contributed by atoms with Crippen LogP contribution in [0.25, 0.3) is 33.2 Å². The molecule has 0 aliphatic rings. The van der Waals surface area contributed by atoms with E-state index in [-0.39, 0.29) is 16.2 Å². The van der Waals surface area contributed by atoms with E-state index in [4.69, 9.17) is 12.6 Å². The van der Waals surface area contributed by atoms with E-state index in [9.17, 15) is 5.26 Å². The average molecular weight is 481 g/mol. The van der Waals surface area contributed by atoms with Crippen LogP contribution in [0.5, 0.6) is 0 Å². The fourth-order valence-electron chi connectivity index (χ4n) is 4.90. The maximum absolute atomic E-state index is 10.0. The van der Waals surface area contributed by atoms with Crippen molar-refractivity contribution in [2.75, 3.05) is 0 Å². The Morgan fingerprint density at radius 2 is 1.69 bits per heavy atom. The molecule has 0 N–H and O–H groups in total. The van der Waals surface area contributed by atoms with Gasteiger partial charge in [-0.3, -0.25) is 4.98 Å². The minimum Gasteiger partial charge on any atom is -0.455 e. The number of rotatable bonds is 3. The lowest BCUT2D eigenvalue weighted by Crippen LogP contribution is -2.62. The Bertz CT molecular complexity index is 1830. The predicted octanol–water partition coefficient (Wildman–Crippen LogP) is 7.13. The SMILES string of the molecule is [2H]C([2H])([2H])c1cnc(-c2cccc3c2oc2c([Si](C)(c4ccccc4)C(C)(C)C)cc(C#N)cc23)cc1C([2H])([2H])[2H]. The molecule has 4 heteroatoms. The number of aromatic nitrogens is 1. The molecule has 3 nitrogen and oxygen atoms in total. The van der Waals surface area contributed by atoms with Gasteiger partial charge in [0.1, 0.15) is 19.2 Å². The quantitative estimate of drug-likeness (QED) is 0.258. The Morgan fingerprint density at radius 3 is 2.37 bits per heavy atom. The highest BCUT2D eigenvalue weighted by Gasteiger charge is 2.45. The van der Waals surface area contributed by atoms with Crippen LogP contribution >= 0.6 is 0 Å². The van der Waals surface area contributed by atoms with Gasteiger partial charge in [-0.2, -0.15) is 5.26 Å². The number of aryl methyl sites for hydroxylation is 2. The highest BCUT2D eigenvalue weighted by atomic mass is 28.3. The van der Waals surface area contributed by atoms with Crippen LogP contribution in [-0.2, 0) is 0 Å². The van der Waals surface area contributed by atoms with Gasteiger partial charge in [0.25, 0.3) is 0 Å². The molecule has 3 aromatic carbocycles. The molecule has 0 saturated carbocycles. The zero-order valence-corrected chi connectivity index (χ0v) is 21.2. The third kappa shape index (κ3) is 3.59. The Morgan fingerprint density at radius 1 is 0.914 bits per heavy atom. The number of furan rings is 1. The number of pyridine rings is 1. The summed E-state index contributed by atoms with van der Waals surface area (Å²) in [5, 5.41) is 13.7. The van der Waals surface area contributed by atoms with Gasteiger partial charge in [-0.05, 0) is 59.3 Å². The molecule has 0 bridgehead atoms. The van der Waals surface area contributed by atoms with Gasteiger partial charge in [0, 0.05) is 30.8 Å². The fourth-order valence-corrected chi connectivity index (χ4v) is 8.83. The maximum atomic E-state index is 10.0. The Kier molecular flexibility index (Phi) is 3.96. The minimum atomic E-state index is -2.64. The molecule has 1 unspecified atom stereocenters. The first-order valence-corrected chi connectivity index (χ1v) is 14.0.